The minimum absolute atomic E-state index is 0.102. The summed E-state index contributed by atoms with van der Waals surface area (Å²) < 4.78 is 30.6. The van der Waals surface area contributed by atoms with Gasteiger partial charge in [0.2, 0.25) is 15.9 Å². The van der Waals surface area contributed by atoms with Crippen molar-refractivity contribution in [3.05, 3.63) is 59.2 Å². The predicted octanol–water partition coefficient (Wildman–Crippen LogP) is 2.09. The fourth-order valence-corrected chi connectivity index (χ4v) is 3.15. The van der Waals surface area contributed by atoms with Gasteiger partial charge in [0.15, 0.2) is 0 Å². The molecule has 8 nitrogen and oxygen atoms in total. The topological polar surface area (TPSA) is 114 Å². The number of anilines is 2. The molecule has 9 heteroatoms. The first kappa shape index (κ1) is 21.4. The molecule has 0 saturated heterocycles. The number of amides is 2. The number of rotatable bonds is 8. The Morgan fingerprint density at radius 1 is 1.07 bits per heavy atom. The molecule has 3 N–H and O–H groups in total. The summed E-state index contributed by atoms with van der Waals surface area (Å²) in [4.78, 5) is 24.0. The van der Waals surface area contributed by atoms with Crippen LogP contribution in [0, 0.1) is 0 Å². The fourth-order valence-electron chi connectivity index (χ4n) is 2.58. The molecule has 2 aromatic rings. The van der Waals surface area contributed by atoms with Gasteiger partial charge in [-0.15, -0.1) is 0 Å². The maximum absolute atomic E-state index is 12.7. The zero-order valence-corrected chi connectivity index (χ0v) is 16.7. The molecule has 0 bridgehead atoms. The van der Waals surface area contributed by atoms with Gasteiger partial charge in [-0.2, -0.15) is 0 Å². The lowest BCUT2D eigenvalue weighted by Crippen LogP contribution is -2.25. The third-order valence-electron chi connectivity index (χ3n) is 3.64. The van der Waals surface area contributed by atoms with Gasteiger partial charge >= 0.3 is 0 Å². The Labute approximate surface area is 164 Å². The molecule has 0 atom stereocenters. The standard InChI is InChI=1S/C19H23N3O5S/c1-13(23)21-16-7-8-18(22-28(3,25)26)17(10-16)19(24)20-11-14-5-4-6-15(9-14)12-27-2/h4-10,22H,11-12H2,1-3H3,(H,20,24)(H,21,23). The molecule has 28 heavy (non-hydrogen) atoms. The van der Waals surface area contributed by atoms with Crippen molar-refractivity contribution in [2.45, 2.75) is 20.1 Å². The highest BCUT2D eigenvalue weighted by Gasteiger charge is 2.15. The Bertz CT molecular complexity index is 973. The third kappa shape index (κ3) is 6.67. The van der Waals surface area contributed by atoms with E-state index in [0.717, 1.165) is 17.4 Å². The Morgan fingerprint density at radius 3 is 2.43 bits per heavy atom. The lowest BCUT2D eigenvalue weighted by Gasteiger charge is -2.13. The molecule has 0 radical (unpaired) electrons. The van der Waals surface area contributed by atoms with Crippen LogP contribution in [0.1, 0.15) is 28.4 Å². The average molecular weight is 405 g/mol. The molecule has 0 spiro atoms. The molecule has 2 aromatic carbocycles. The maximum atomic E-state index is 12.7. The van der Waals surface area contributed by atoms with Gasteiger partial charge < -0.3 is 15.4 Å². The second kappa shape index (κ2) is 9.34. The van der Waals surface area contributed by atoms with Gasteiger partial charge in [-0.25, -0.2) is 8.42 Å². The van der Waals surface area contributed by atoms with Crippen molar-refractivity contribution in [1.29, 1.82) is 0 Å². The van der Waals surface area contributed by atoms with E-state index in [1.54, 1.807) is 7.11 Å². The fraction of sp³-hybridized carbons (Fsp3) is 0.263. The van der Waals surface area contributed by atoms with Crippen molar-refractivity contribution < 1.29 is 22.7 Å². The van der Waals surface area contributed by atoms with Crippen molar-refractivity contribution >= 4 is 33.2 Å². The van der Waals surface area contributed by atoms with Gasteiger partial charge in [-0.05, 0) is 29.3 Å². The molecule has 2 amide bonds. The summed E-state index contributed by atoms with van der Waals surface area (Å²) in [5.41, 5.74) is 2.46. The third-order valence-corrected chi connectivity index (χ3v) is 4.23. The van der Waals surface area contributed by atoms with Crippen LogP contribution in [0.5, 0.6) is 0 Å². The number of carbonyl (C=O) groups excluding carboxylic acids is 2. The summed E-state index contributed by atoms with van der Waals surface area (Å²) >= 11 is 0. The number of ether oxygens (including phenoxy) is 1. The van der Waals surface area contributed by atoms with E-state index in [1.807, 2.05) is 24.3 Å². The quantitative estimate of drug-likeness (QED) is 0.622. The highest BCUT2D eigenvalue weighted by atomic mass is 32.2. The molecule has 2 rings (SSSR count). The van der Waals surface area contributed by atoms with Crippen LogP contribution in [0.2, 0.25) is 0 Å². The van der Waals surface area contributed by atoms with Crippen molar-refractivity contribution in [1.82, 2.24) is 5.32 Å². The van der Waals surface area contributed by atoms with E-state index in [9.17, 15) is 18.0 Å². The number of hydrogen-bond acceptors (Lipinski definition) is 5. The minimum atomic E-state index is -3.58. The first-order valence-electron chi connectivity index (χ1n) is 8.42. The molecular formula is C19H23N3O5S. The summed E-state index contributed by atoms with van der Waals surface area (Å²) in [6.07, 6.45) is 0.998. The molecule has 0 fully saturated rings. The molecule has 0 aliphatic rings. The first-order valence-corrected chi connectivity index (χ1v) is 10.3. The smallest absolute Gasteiger partial charge is 0.253 e. The normalized spacial score (nSPS) is 11.0. The van der Waals surface area contributed by atoms with Crippen molar-refractivity contribution in [3.63, 3.8) is 0 Å². The number of hydrogen-bond donors (Lipinski definition) is 3. The van der Waals surface area contributed by atoms with Gasteiger partial charge in [0.05, 0.1) is 24.1 Å². The molecule has 150 valence electrons. The molecule has 0 aromatic heterocycles. The summed E-state index contributed by atoms with van der Waals surface area (Å²) in [6, 6.07) is 11.9. The Hall–Kier alpha value is -2.91. The van der Waals surface area contributed by atoms with Crippen LogP contribution in [0.15, 0.2) is 42.5 Å². The van der Waals surface area contributed by atoms with Crippen molar-refractivity contribution in [2.75, 3.05) is 23.4 Å². The molecule has 0 aliphatic carbocycles. The van der Waals surface area contributed by atoms with E-state index in [2.05, 4.69) is 15.4 Å². The largest absolute Gasteiger partial charge is 0.380 e. The minimum Gasteiger partial charge on any atom is -0.380 e. The predicted molar refractivity (Wildman–Crippen MR) is 108 cm³/mol. The zero-order valence-electron chi connectivity index (χ0n) is 15.9. The van der Waals surface area contributed by atoms with Crippen molar-refractivity contribution in [2.24, 2.45) is 0 Å². The second-order valence-corrected chi connectivity index (χ2v) is 8.00. The van der Waals surface area contributed by atoms with Crippen LogP contribution in [-0.4, -0.2) is 33.6 Å². The van der Waals surface area contributed by atoms with Crippen LogP contribution in [0.25, 0.3) is 0 Å². The van der Waals surface area contributed by atoms with Crippen molar-refractivity contribution in [3.8, 4) is 0 Å². The van der Waals surface area contributed by atoms with Gasteiger partial charge in [0, 0.05) is 26.3 Å². The van der Waals surface area contributed by atoms with E-state index >= 15 is 0 Å². The highest BCUT2D eigenvalue weighted by Crippen LogP contribution is 2.22. The van der Waals surface area contributed by atoms with Gasteiger partial charge in [-0.1, -0.05) is 24.3 Å². The van der Waals surface area contributed by atoms with Gasteiger partial charge in [0.1, 0.15) is 0 Å². The molecule has 0 heterocycles. The molecule has 0 saturated carbocycles. The molecule has 0 aliphatic heterocycles. The van der Waals surface area contributed by atoms with E-state index in [4.69, 9.17) is 4.74 Å². The van der Waals surface area contributed by atoms with Crippen LogP contribution < -0.4 is 15.4 Å². The first-order chi connectivity index (χ1) is 13.2. The van der Waals surface area contributed by atoms with Crippen LogP contribution in [-0.2, 0) is 32.7 Å². The van der Waals surface area contributed by atoms with E-state index in [0.29, 0.717) is 12.3 Å². The van der Waals surface area contributed by atoms with Gasteiger partial charge in [-0.3, -0.25) is 14.3 Å². The summed E-state index contributed by atoms with van der Waals surface area (Å²) in [5.74, 6) is -0.777. The average Bonchev–Trinajstić information content (AvgIpc) is 2.60. The maximum Gasteiger partial charge on any atom is 0.253 e. The summed E-state index contributed by atoms with van der Waals surface area (Å²) in [7, 11) is -1.98. The Kier molecular flexibility index (Phi) is 7.13. The van der Waals surface area contributed by atoms with Crippen LogP contribution in [0.3, 0.4) is 0 Å². The number of methoxy groups -OCH3 is 1. The zero-order chi connectivity index (χ0) is 20.7. The number of carbonyl (C=O) groups is 2. The number of sulfonamides is 1. The lowest BCUT2D eigenvalue weighted by molar-refractivity contribution is -0.114. The molecule has 0 unspecified atom stereocenters. The van der Waals surface area contributed by atoms with E-state index in [1.165, 1.54) is 25.1 Å². The second-order valence-electron chi connectivity index (χ2n) is 6.25. The molecular weight excluding hydrogens is 382 g/mol. The highest BCUT2D eigenvalue weighted by molar-refractivity contribution is 7.92. The Morgan fingerprint density at radius 2 is 1.79 bits per heavy atom. The van der Waals surface area contributed by atoms with Gasteiger partial charge in [0.25, 0.3) is 5.91 Å². The summed E-state index contributed by atoms with van der Waals surface area (Å²) in [6.45, 7) is 2.05. The SMILES string of the molecule is COCc1cccc(CNC(=O)c2cc(NC(C)=O)ccc2NS(C)(=O)=O)c1. The lowest BCUT2D eigenvalue weighted by atomic mass is 10.1. The number of benzene rings is 2. The van der Waals surface area contributed by atoms with E-state index < -0.39 is 15.9 Å². The van der Waals surface area contributed by atoms with E-state index in [-0.39, 0.29) is 23.7 Å². The number of nitrogens with one attached hydrogen (secondary N) is 3. The Balaban J connectivity index is 2.23. The summed E-state index contributed by atoms with van der Waals surface area (Å²) in [5, 5.41) is 5.34. The monoisotopic (exact) mass is 405 g/mol. The van der Waals surface area contributed by atoms with Crippen LogP contribution >= 0.6 is 0 Å². The van der Waals surface area contributed by atoms with Crippen LogP contribution in [0.4, 0.5) is 11.4 Å².